The molecule has 31 heavy (non-hydrogen) atoms. The maximum Gasteiger partial charge on any atom is 0.324 e. The van der Waals surface area contributed by atoms with Gasteiger partial charge in [-0.05, 0) is 38.5 Å². The van der Waals surface area contributed by atoms with Gasteiger partial charge in [0.2, 0.25) is 5.91 Å². The Kier molecular flexibility index (Phi) is 8.96. The molecule has 1 aromatic heterocycles. The number of rotatable bonds is 7. The topological polar surface area (TPSA) is 173 Å². The Balaban J connectivity index is 0.000000311. The van der Waals surface area contributed by atoms with Gasteiger partial charge in [0.05, 0.1) is 31.9 Å². The van der Waals surface area contributed by atoms with E-state index in [1.807, 2.05) is 36.5 Å². The Bertz CT molecular complexity index is 928. The van der Waals surface area contributed by atoms with E-state index in [-0.39, 0.29) is 5.91 Å². The van der Waals surface area contributed by atoms with Gasteiger partial charge >= 0.3 is 11.4 Å². The maximum absolute atomic E-state index is 11.5. The number of benzene rings is 1. The number of nitrogens with zero attached hydrogens (tertiary/aromatic N) is 5. The molecule has 0 spiro atoms. The number of carbonyl (C=O) groups excluding carboxylic acids is 1. The van der Waals surface area contributed by atoms with E-state index in [4.69, 9.17) is 5.11 Å². The van der Waals surface area contributed by atoms with Crippen LogP contribution >= 0.6 is 11.3 Å². The third-order valence-electron chi connectivity index (χ3n) is 4.14. The lowest BCUT2D eigenvalue weighted by Crippen LogP contribution is -2.40. The van der Waals surface area contributed by atoms with Gasteiger partial charge in [-0.3, -0.25) is 35.1 Å². The number of phenolic OH excluding ortho intramolecular Hbond substituents is 1. The van der Waals surface area contributed by atoms with Gasteiger partial charge in [-0.15, -0.1) is 11.3 Å². The van der Waals surface area contributed by atoms with Crippen LogP contribution in [0.5, 0.6) is 5.75 Å². The summed E-state index contributed by atoms with van der Waals surface area (Å²) in [6.45, 7) is 4.47. The first-order chi connectivity index (χ1) is 14.4. The first-order valence-corrected chi connectivity index (χ1v) is 9.53. The summed E-state index contributed by atoms with van der Waals surface area (Å²) >= 11 is 1.60. The van der Waals surface area contributed by atoms with Crippen LogP contribution in [0.1, 0.15) is 13.8 Å². The van der Waals surface area contributed by atoms with E-state index in [1.165, 1.54) is 0 Å². The first-order valence-electron chi connectivity index (χ1n) is 8.65. The van der Waals surface area contributed by atoms with Gasteiger partial charge in [-0.2, -0.15) is 0 Å². The fraction of sp³-hybridized carbons (Fsp3) is 0.353. The number of likely N-dealkylation sites (N-methyl/N-ethyl adjacent to an activating group) is 1. The minimum absolute atomic E-state index is 0.103. The molecule has 1 atom stereocenters. The SMILES string of the molecule is CC(=O)N(CC(C)N(C)C)c1cccs1.O=[N+]([O-])c1cc([N+](=O)[O-])c(O)c([N+](=O)[O-])c1. The number of aromatic hydroxyl groups is 1. The number of phenols is 1. The smallest absolute Gasteiger partial charge is 0.324 e. The molecule has 0 saturated carbocycles. The first kappa shape index (κ1) is 25.4. The van der Waals surface area contributed by atoms with Crippen LogP contribution in [-0.4, -0.2) is 57.4 Å². The van der Waals surface area contributed by atoms with Crippen molar-refractivity contribution < 1.29 is 24.7 Å². The van der Waals surface area contributed by atoms with Crippen LogP contribution < -0.4 is 4.90 Å². The molecular formula is C17H21N5O8S. The maximum atomic E-state index is 11.5. The number of nitro groups is 3. The van der Waals surface area contributed by atoms with Crippen molar-refractivity contribution in [2.45, 2.75) is 19.9 Å². The molecule has 1 amide bonds. The predicted molar refractivity (Wildman–Crippen MR) is 114 cm³/mol. The average Bonchev–Trinajstić information content (AvgIpc) is 3.19. The molecule has 168 valence electrons. The van der Waals surface area contributed by atoms with Crippen molar-refractivity contribution in [2.75, 3.05) is 25.5 Å². The highest BCUT2D eigenvalue weighted by Crippen LogP contribution is 2.38. The largest absolute Gasteiger partial charge is 0.497 e. The number of carbonyl (C=O) groups is 1. The highest BCUT2D eigenvalue weighted by atomic mass is 32.1. The zero-order valence-electron chi connectivity index (χ0n) is 17.1. The normalized spacial score (nSPS) is 11.3. The number of anilines is 1. The highest BCUT2D eigenvalue weighted by molar-refractivity contribution is 7.14. The van der Waals surface area contributed by atoms with Crippen molar-refractivity contribution in [2.24, 2.45) is 0 Å². The average molecular weight is 455 g/mol. The summed E-state index contributed by atoms with van der Waals surface area (Å²) in [4.78, 5) is 43.2. The molecule has 0 radical (unpaired) electrons. The zero-order valence-corrected chi connectivity index (χ0v) is 17.9. The predicted octanol–water partition coefficient (Wildman–Crippen LogP) is 3.17. The fourth-order valence-corrected chi connectivity index (χ4v) is 2.98. The Morgan fingerprint density at radius 3 is 1.94 bits per heavy atom. The van der Waals surface area contributed by atoms with Gasteiger partial charge in [0.15, 0.2) is 0 Å². The number of nitro benzene ring substituents is 3. The fourth-order valence-electron chi connectivity index (χ4n) is 2.20. The monoisotopic (exact) mass is 455 g/mol. The number of hydrogen-bond donors (Lipinski definition) is 1. The van der Waals surface area contributed by atoms with E-state index in [0.29, 0.717) is 18.2 Å². The van der Waals surface area contributed by atoms with Crippen LogP contribution in [0, 0.1) is 30.3 Å². The minimum Gasteiger partial charge on any atom is -0.497 e. The van der Waals surface area contributed by atoms with Crippen molar-refractivity contribution in [1.29, 1.82) is 0 Å². The van der Waals surface area contributed by atoms with Crippen molar-refractivity contribution in [3.05, 3.63) is 60.0 Å². The molecule has 13 nitrogen and oxygen atoms in total. The molecular weight excluding hydrogens is 434 g/mol. The summed E-state index contributed by atoms with van der Waals surface area (Å²) in [6.07, 6.45) is 0. The molecule has 0 aliphatic rings. The molecule has 1 unspecified atom stereocenters. The van der Waals surface area contributed by atoms with Gasteiger partial charge in [-0.25, -0.2) is 0 Å². The summed E-state index contributed by atoms with van der Waals surface area (Å²) in [5.41, 5.74) is -3.00. The van der Waals surface area contributed by atoms with Crippen LogP contribution in [0.25, 0.3) is 0 Å². The molecule has 1 heterocycles. The van der Waals surface area contributed by atoms with E-state index in [1.54, 1.807) is 18.3 Å². The van der Waals surface area contributed by atoms with E-state index in [0.717, 1.165) is 11.5 Å². The lowest BCUT2D eigenvalue weighted by molar-refractivity contribution is -0.404. The zero-order chi connectivity index (χ0) is 23.9. The van der Waals surface area contributed by atoms with Gasteiger partial charge < -0.3 is 14.9 Å². The van der Waals surface area contributed by atoms with Crippen LogP contribution in [0.3, 0.4) is 0 Å². The highest BCUT2D eigenvalue weighted by Gasteiger charge is 2.30. The summed E-state index contributed by atoms with van der Waals surface area (Å²) in [5.74, 6) is -1.10. The second-order valence-corrected chi connectivity index (χ2v) is 7.42. The lowest BCUT2D eigenvalue weighted by Gasteiger charge is -2.27. The van der Waals surface area contributed by atoms with Gasteiger partial charge in [0.25, 0.3) is 11.4 Å². The summed E-state index contributed by atoms with van der Waals surface area (Å²) in [6, 6.07) is 5.20. The number of non-ortho nitro benzene ring substituents is 1. The minimum atomic E-state index is -1.21. The standard InChI is InChI=1S/C11H18N2OS.C6H3N3O7/c1-9(12(3)4)8-13(10(2)14)11-6-5-7-15-11;10-6-4(8(13)14)1-3(7(11)12)2-5(6)9(15)16/h5-7,9H,8H2,1-4H3;1-2,10H. The number of amides is 1. The second kappa shape index (κ2) is 10.9. The van der Waals surface area contributed by atoms with E-state index < -0.39 is 37.6 Å². The molecule has 2 rings (SSSR count). The van der Waals surface area contributed by atoms with Crippen molar-refractivity contribution >= 4 is 39.3 Å². The van der Waals surface area contributed by atoms with Crippen molar-refractivity contribution in [3.8, 4) is 5.75 Å². The molecule has 14 heteroatoms. The second-order valence-electron chi connectivity index (χ2n) is 6.50. The third kappa shape index (κ3) is 6.97. The Morgan fingerprint density at radius 1 is 1.10 bits per heavy atom. The summed E-state index contributed by atoms with van der Waals surface area (Å²) in [7, 11) is 4.05. The summed E-state index contributed by atoms with van der Waals surface area (Å²) < 4.78 is 0. The van der Waals surface area contributed by atoms with Crippen molar-refractivity contribution in [3.63, 3.8) is 0 Å². The molecule has 0 bridgehead atoms. The van der Waals surface area contributed by atoms with E-state index >= 15 is 0 Å². The molecule has 0 fully saturated rings. The molecule has 0 aliphatic heterocycles. The molecule has 2 aromatic rings. The number of thiophene rings is 1. The van der Waals surface area contributed by atoms with E-state index in [9.17, 15) is 35.1 Å². The van der Waals surface area contributed by atoms with Gasteiger partial charge in [0.1, 0.15) is 0 Å². The van der Waals surface area contributed by atoms with Crippen LogP contribution in [0.2, 0.25) is 0 Å². The van der Waals surface area contributed by atoms with Crippen molar-refractivity contribution in [1.82, 2.24) is 4.90 Å². The molecule has 1 aromatic carbocycles. The lowest BCUT2D eigenvalue weighted by atomic mass is 10.2. The van der Waals surface area contributed by atoms with Crippen LogP contribution in [0.4, 0.5) is 22.1 Å². The Labute approximate surface area is 180 Å². The molecule has 0 aliphatic carbocycles. The Morgan fingerprint density at radius 2 is 1.61 bits per heavy atom. The van der Waals surface area contributed by atoms with Gasteiger partial charge in [0, 0.05) is 19.5 Å². The van der Waals surface area contributed by atoms with Gasteiger partial charge in [-0.1, -0.05) is 0 Å². The Hall–Kier alpha value is -3.65. The number of hydrogen-bond acceptors (Lipinski definition) is 10. The van der Waals surface area contributed by atoms with Crippen LogP contribution in [-0.2, 0) is 4.79 Å². The van der Waals surface area contributed by atoms with E-state index in [2.05, 4.69) is 11.8 Å². The summed E-state index contributed by atoms with van der Waals surface area (Å²) in [5, 5.41) is 43.2. The third-order valence-corrected chi connectivity index (χ3v) is 5.03. The molecule has 0 saturated heterocycles. The van der Waals surface area contributed by atoms with Crippen LogP contribution in [0.15, 0.2) is 29.6 Å². The quantitative estimate of drug-likeness (QED) is 0.486. The molecule has 1 N–H and O–H groups in total.